The van der Waals surface area contributed by atoms with Gasteiger partial charge in [0.2, 0.25) is 0 Å². The van der Waals surface area contributed by atoms with Gasteiger partial charge in [0.05, 0.1) is 12.2 Å². The maximum atomic E-state index is 4.69. The van der Waals surface area contributed by atoms with E-state index in [1.807, 2.05) is 35.1 Å². The number of aromatic nitrogens is 3. The van der Waals surface area contributed by atoms with Gasteiger partial charge in [0.1, 0.15) is 5.01 Å². The van der Waals surface area contributed by atoms with Crippen LogP contribution in [0.3, 0.4) is 0 Å². The van der Waals surface area contributed by atoms with Crippen molar-refractivity contribution in [3.8, 4) is 11.3 Å². The maximum Gasteiger partial charge on any atom is 0.191 e. The predicted molar refractivity (Wildman–Crippen MR) is 107 cm³/mol. The molecule has 3 aromatic rings. The molecule has 0 aliphatic rings. The van der Waals surface area contributed by atoms with E-state index in [1.165, 1.54) is 0 Å². The molecule has 0 radical (unpaired) electrons. The minimum atomic E-state index is 0.575. The van der Waals surface area contributed by atoms with E-state index in [1.54, 1.807) is 17.5 Å². The summed E-state index contributed by atoms with van der Waals surface area (Å²) in [5.41, 5.74) is 2.15. The number of guanidine groups is 1. The summed E-state index contributed by atoms with van der Waals surface area (Å²) in [6.07, 6.45) is 4.77. The Hall–Kier alpha value is -2.67. The van der Waals surface area contributed by atoms with Crippen LogP contribution in [-0.2, 0) is 13.1 Å². The lowest BCUT2D eigenvalue weighted by molar-refractivity contribution is 0.570. The van der Waals surface area contributed by atoms with E-state index in [0.717, 1.165) is 48.3 Å². The first-order valence-electron chi connectivity index (χ1n) is 8.84. The van der Waals surface area contributed by atoms with E-state index in [-0.39, 0.29) is 0 Å². The largest absolute Gasteiger partial charge is 0.357 e. The van der Waals surface area contributed by atoms with Crippen LogP contribution in [0.2, 0.25) is 0 Å². The van der Waals surface area contributed by atoms with E-state index < -0.39 is 0 Å². The smallest absolute Gasteiger partial charge is 0.191 e. The Morgan fingerprint density at radius 1 is 1.19 bits per heavy atom. The fraction of sp³-hybridized carbons (Fsp3) is 0.316. The molecule has 1 aromatic carbocycles. The van der Waals surface area contributed by atoms with Crippen LogP contribution in [0.4, 0.5) is 0 Å². The van der Waals surface area contributed by atoms with Gasteiger partial charge in [0.25, 0.3) is 0 Å². The second kappa shape index (κ2) is 9.72. The number of thiazole rings is 1. The first kappa shape index (κ1) is 18.1. The summed E-state index contributed by atoms with van der Waals surface area (Å²) in [4.78, 5) is 9.33. The van der Waals surface area contributed by atoms with Crippen LogP contribution in [0, 0.1) is 0 Å². The fourth-order valence-electron chi connectivity index (χ4n) is 2.49. The first-order chi connectivity index (χ1) is 12.8. The molecule has 6 nitrogen and oxygen atoms in total. The van der Waals surface area contributed by atoms with Gasteiger partial charge < -0.3 is 10.6 Å². The van der Waals surface area contributed by atoms with Gasteiger partial charge in [-0.15, -0.1) is 11.3 Å². The van der Waals surface area contributed by atoms with Crippen molar-refractivity contribution in [3.63, 3.8) is 0 Å². The third-order valence-electron chi connectivity index (χ3n) is 3.75. The average Bonchev–Trinajstić information content (AvgIpc) is 3.36. The van der Waals surface area contributed by atoms with Gasteiger partial charge >= 0.3 is 0 Å². The Bertz CT molecular complexity index is 795. The molecular weight excluding hydrogens is 344 g/mol. The quantitative estimate of drug-likeness (QED) is 0.364. The van der Waals surface area contributed by atoms with E-state index >= 15 is 0 Å². The zero-order chi connectivity index (χ0) is 18.0. The van der Waals surface area contributed by atoms with E-state index in [2.05, 4.69) is 50.1 Å². The molecule has 3 rings (SSSR count). The van der Waals surface area contributed by atoms with E-state index in [0.29, 0.717) is 6.54 Å². The molecule has 0 bridgehead atoms. The second-order valence-corrected chi connectivity index (χ2v) is 6.68. The van der Waals surface area contributed by atoms with Crippen LogP contribution in [0.15, 0.2) is 59.2 Å². The molecule has 2 N–H and O–H groups in total. The zero-order valence-electron chi connectivity index (χ0n) is 14.9. The van der Waals surface area contributed by atoms with Crippen LogP contribution in [0.5, 0.6) is 0 Å². The Morgan fingerprint density at radius 3 is 2.85 bits per heavy atom. The summed E-state index contributed by atoms with van der Waals surface area (Å²) in [7, 11) is 0. The van der Waals surface area contributed by atoms with Crippen molar-refractivity contribution in [2.45, 2.75) is 26.4 Å². The third kappa shape index (κ3) is 5.42. The zero-order valence-corrected chi connectivity index (χ0v) is 15.7. The van der Waals surface area contributed by atoms with Crippen molar-refractivity contribution in [1.82, 2.24) is 25.4 Å². The van der Waals surface area contributed by atoms with Crippen LogP contribution >= 0.6 is 11.3 Å². The molecule has 0 atom stereocenters. The number of benzene rings is 1. The summed E-state index contributed by atoms with van der Waals surface area (Å²) in [6, 6.07) is 12.2. The molecular formula is C19H24N6S. The highest BCUT2D eigenvalue weighted by atomic mass is 32.1. The molecule has 0 spiro atoms. The normalized spacial score (nSPS) is 11.5. The number of rotatable bonds is 8. The van der Waals surface area contributed by atoms with Gasteiger partial charge in [-0.2, -0.15) is 5.10 Å². The summed E-state index contributed by atoms with van der Waals surface area (Å²) >= 11 is 1.65. The molecule has 0 aliphatic heterocycles. The van der Waals surface area contributed by atoms with Crippen molar-refractivity contribution in [2.75, 3.05) is 13.1 Å². The van der Waals surface area contributed by atoms with Crippen molar-refractivity contribution in [1.29, 1.82) is 0 Å². The molecule has 136 valence electrons. The number of nitrogens with one attached hydrogen (secondary N) is 2. The standard InChI is InChI=1S/C19H24N6S/c1-2-20-19(21-10-6-12-25-13-7-11-23-25)22-14-18-24-17(15-26-18)16-8-4-3-5-9-16/h3-5,7-9,11,13,15H,2,6,10,12,14H2,1H3,(H2,20,21,22). The van der Waals surface area contributed by atoms with Gasteiger partial charge in [0, 0.05) is 43.0 Å². The minimum Gasteiger partial charge on any atom is -0.357 e. The number of aliphatic imine (C=N–C) groups is 1. The van der Waals surface area contributed by atoms with Gasteiger partial charge in [-0.1, -0.05) is 30.3 Å². The van der Waals surface area contributed by atoms with Crippen LogP contribution < -0.4 is 10.6 Å². The first-order valence-corrected chi connectivity index (χ1v) is 9.72. The van der Waals surface area contributed by atoms with Crippen molar-refractivity contribution in [3.05, 3.63) is 59.2 Å². The number of nitrogens with zero attached hydrogens (tertiary/aromatic N) is 4. The van der Waals surface area contributed by atoms with Crippen molar-refractivity contribution in [2.24, 2.45) is 4.99 Å². The summed E-state index contributed by atoms with van der Waals surface area (Å²) < 4.78 is 1.94. The van der Waals surface area contributed by atoms with Gasteiger partial charge in [-0.05, 0) is 19.4 Å². The highest BCUT2D eigenvalue weighted by molar-refractivity contribution is 7.09. The van der Waals surface area contributed by atoms with Crippen molar-refractivity contribution >= 4 is 17.3 Å². The summed E-state index contributed by atoms with van der Waals surface area (Å²) in [6.45, 7) is 5.22. The van der Waals surface area contributed by atoms with Crippen LogP contribution in [-0.4, -0.2) is 33.8 Å². The Balaban J connectivity index is 1.51. The Labute approximate surface area is 158 Å². The molecule has 26 heavy (non-hydrogen) atoms. The van der Waals surface area contributed by atoms with Crippen LogP contribution in [0.25, 0.3) is 11.3 Å². The molecule has 0 saturated carbocycles. The second-order valence-electron chi connectivity index (χ2n) is 5.74. The highest BCUT2D eigenvalue weighted by Gasteiger charge is 2.04. The lowest BCUT2D eigenvalue weighted by atomic mass is 10.2. The molecule has 2 heterocycles. The highest BCUT2D eigenvalue weighted by Crippen LogP contribution is 2.21. The molecule has 0 fully saturated rings. The van der Waals surface area contributed by atoms with E-state index in [4.69, 9.17) is 0 Å². The lowest BCUT2D eigenvalue weighted by Crippen LogP contribution is -2.38. The Morgan fingerprint density at radius 2 is 2.08 bits per heavy atom. The monoisotopic (exact) mass is 368 g/mol. The molecule has 0 saturated heterocycles. The van der Waals surface area contributed by atoms with Gasteiger partial charge in [-0.25, -0.2) is 9.98 Å². The maximum absolute atomic E-state index is 4.69. The fourth-order valence-corrected chi connectivity index (χ4v) is 3.22. The molecule has 0 unspecified atom stereocenters. The summed E-state index contributed by atoms with van der Waals surface area (Å²) in [5.74, 6) is 0.824. The molecule has 2 aromatic heterocycles. The molecule has 0 aliphatic carbocycles. The van der Waals surface area contributed by atoms with Gasteiger partial charge in [-0.3, -0.25) is 4.68 Å². The third-order valence-corrected chi connectivity index (χ3v) is 4.59. The number of hydrogen-bond acceptors (Lipinski definition) is 4. The average molecular weight is 369 g/mol. The summed E-state index contributed by atoms with van der Waals surface area (Å²) in [5, 5.41) is 14.0. The topological polar surface area (TPSA) is 67.1 Å². The lowest BCUT2D eigenvalue weighted by Gasteiger charge is -2.10. The van der Waals surface area contributed by atoms with Crippen LogP contribution in [0.1, 0.15) is 18.4 Å². The molecule has 0 amide bonds. The van der Waals surface area contributed by atoms with E-state index in [9.17, 15) is 0 Å². The van der Waals surface area contributed by atoms with Gasteiger partial charge in [0.15, 0.2) is 5.96 Å². The van der Waals surface area contributed by atoms with Crippen molar-refractivity contribution < 1.29 is 0 Å². The minimum absolute atomic E-state index is 0.575. The number of aryl methyl sites for hydroxylation is 1. The predicted octanol–water partition coefficient (Wildman–Crippen LogP) is 3.15. The SMILES string of the molecule is CCNC(=NCc1nc(-c2ccccc2)cs1)NCCCn1cccn1. The Kier molecular flexibility index (Phi) is 6.78. The number of hydrogen-bond donors (Lipinski definition) is 2. The molecule has 7 heteroatoms.